The molecule has 0 spiro atoms. The Kier molecular flexibility index (Phi) is 5.44. The molecule has 1 saturated heterocycles. The van der Waals surface area contributed by atoms with E-state index in [9.17, 15) is 0 Å². The van der Waals surface area contributed by atoms with Crippen molar-refractivity contribution in [3.8, 4) is 0 Å². The molecule has 0 amide bonds. The molecule has 2 heterocycles. The van der Waals surface area contributed by atoms with Crippen molar-refractivity contribution in [3.05, 3.63) is 29.6 Å². The Morgan fingerprint density at radius 2 is 2.50 bits per heavy atom. The van der Waals surface area contributed by atoms with Gasteiger partial charge in [-0.15, -0.1) is 0 Å². The lowest BCUT2D eigenvalue weighted by Crippen LogP contribution is -2.49. The zero-order chi connectivity index (χ0) is 12.8. The number of hydrogen-bond donors (Lipinski definition) is 2. The number of aromatic nitrogens is 1. The molecule has 1 aliphatic rings. The van der Waals surface area contributed by atoms with Crippen LogP contribution in [-0.2, 0) is 17.6 Å². The molecule has 0 aromatic carbocycles. The van der Waals surface area contributed by atoms with Crippen LogP contribution in [0.15, 0.2) is 18.3 Å². The van der Waals surface area contributed by atoms with Crippen molar-refractivity contribution in [2.24, 2.45) is 5.84 Å². The maximum Gasteiger partial charge on any atom is 0.0835 e. The van der Waals surface area contributed by atoms with E-state index in [-0.39, 0.29) is 12.1 Å². The third-order valence-corrected chi connectivity index (χ3v) is 4.25. The van der Waals surface area contributed by atoms with Crippen LogP contribution < -0.4 is 11.3 Å². The van der Waals surface area contributed by atoms with E-state index in [1.54, 1.807) is 0 Å². The van der Waals surface area contributed by atoms with Gasteiger partial charge in [-0.1, -0.05) is 13.0 Å². The van der Waals surface area contributed by atoms with Crippen molar-refractivity contribution < 1.29 is 4.74 Å². The SMILES string of the molecule is CCc1ccc(CC(NN)C2CSCCO2)nc1. The summed E-state index contributed by atoms with van der Waals surface area (Å²) < 4.78 is 5.76. The highest BCUT2D eigenvalue weighted by Gasteiger charge is 2.24. The molecule has 1 aromatic heterocycles. The zero-order valence-corrected chi connectivity index (χ0v) is 11.6. The normalized spacial score (nSPS) is 21.8. The molecule has 0 bridgehead atoms. The highest BCUT2D eigenvalue weighted by molar-refractivity contribution is 7.99. The number of aryl methyl sites for hydroxylation is 1. The fourth-order valence-electron chi connectivity index (χ4n) is 2.05. The Morgan fingerprint density at radius 1 is 1.61 bits per heavy atom. The van der Waals surface area contributed by atoms with Gasteiger partial charge in [-0.05, 0) is 18.1 Å². The summed E-state index contributed by atoms with van der Waals surface area (Å²) in [5.41, 5.74) is 5.20. The molecule has 3 N–H and O–H groups in total. The lowest BCUT2D eigenvalue weighted by atomic mass is 10.1. The lowest BCUT2D eigenvalue weighted by molar-refractivity contribution is 0.0469. The topological polar surface area (TPSA) is 60.2 Å². The molecule has 5 heteroatoms. The Morgan fingerprint density at radius 3 is 3.06 bits per heavy atom. The van der Waals surface area contributed by atoms with Crippen molar-refractivity contribution in [1.82, 2.24) is 10.4 Å². The highest BCUT2D eigenvalue weighted by Crippen LogP contribution is 2.17. The summed E-state index contributed by atoms with van der Waals surface area (Å²) >= 11 is 1.92. The van der Waals surface area contributed by atoms with Gasteiger partial charge in [0.1, 0.15) is 0 Å². The highest BCUT2D eigenvalue weighted by atomic mass is 32.2. The second kappa shape index (κ2) is 7.09. The van der Waals surface area contributed by atoms with E-state index < -0.39 is 0 Å². The van der Waals surface area contributed by atoms with Gasteiger partial charge in [0.15, 0.2) is 0 Å². The quantitative estimate of drug-likeness (QED) is 0.619. The summed E-state index contributed by atoms with van der Waals surface area (Å²) in [5, 5.41) is 0. The standard InChI is InChI=1S/C13H21N3OS/c1-2-10-3-4-11(15-8-10)7-12(16-14)13-9-18-6-5-17-13/h3-4,8,12-13,16H,2,5-7,9,14H2,1H3. The molecule has 2 rings (SSSR count). The maximum atomic E-state index is 5.76. The number of hydrazine groups is 1. The third kappa shape index (κ3) is 3.68. The fraction of sp³-hybridized carbons (Fsp3) is 0.615. The Bertz CT molecular complexity index is 352. The van der Waals surface area contributed by atoms with Crippen molar-refractivity contribution >= 4 is 11.8 Å². The van der Waals surface area contributed by atoms with Gasteiger partial charge in [-0.2, -0.15) is 11.8 Å². The minimum atomic E-state index is 0.137. The van der Waals surface area contributed by atoms with Crippen LogP contribution in [0.25, 0.3) is 0 Å². The number of nitrogens with zero attached hydrogens (tertiary/aromatic N) is 1. The predicted molar refractivity (Wildman–Crippen MR) is 75.5 cm³/mol. The van der Waals surface area contributed by atoms with Crippen LogP contribution in [0.2, 0.25) is 0 Å². The van der Waals surface area contributed by atoms with Crippen molar-refractivity contribution in [3.63, 3.8) is 0 Å². The number of thioether (sulfide) groups is 1. The first-order valence-corrected chi connectivity index (χ1v) is 7.58. The van der Waals surface area contributed by atoms with Gasteiger partial charge < -0.3 is 4.74 Å². The molecule has 1 aromatic rings. The zero-order valence-electron chi connectivity index (χ0n) is 10.8. The molecule has 0 radical (unpaired) electrons. The molecular weight excluding hydrogens is 246 g/mol. The van der Waals surface area contributed by atoms with Gasteiger partial charge in [0.2, 0.25) is 0 Å². The average Bonchev–Trinajstić information content (AvgIpc) is 2.46. The third-order valence-electron chi connectivity index (χ3n) is 3.23. The molecule has 100 valence electrons. The molecule has 2 unspecified atom stereocenters. The van der Waals surface area contributed by atoms with Crippen LogP contribution in [0.1, 0.15) is 18.2 Å². The summed E-state index contributed by atoms with van der Waals surface area (Å²) in [6, 6.07) is 4.35. The van der Waals surface area contributed by atoms with E-state index >= 15 is 0 Å². The van der Waals surface area contributed by atoms with Gasteiger partial charge in [0.05, 0.1) is 18.8 Å². The Hall–Kier alpha value is -0.620. The first kappa shape index (κ1) is 13.8. The Balaban J connectivity index is 1.95. The molecule has 0 saturated carbocycles. The summed E-state index contributed by atoms with van der Waals surface area (Å²) in [6.45, 7) is 2.95. The molecule has 1 fully saturated rings. The van der Waals surface area contributed by atoms with Crippen molar-refractivity contribution in [2.75, 3.05) is 18.1 Å². The van der Waals surface area contributed by atoms with Crippen LogP contribution in [0.4, 0.5) is 0 Å². The Labute approximate surface area is 113 Å². The number of nitrogens with two attached hydrogens (primary N) is 1. The molecule has 4 nitrogen and oxygen atoms in total. The molecule has 2 atom stereocenters. The minimum Gasteiger partial charge on any atom is -0.375 e. The summed E-state index contributed by atoms with van der Waals surface area (Å²) in [6.07, 6.45) is 3.96. The maximum absolute atomic E-state index is 5.76. The number of rotatable bonds is 5. The number of ether oxygens (including phenoxy) is 1. The predicted octanol–water partition coefficient (Wildman–Crippen LogP) is 1.15. The van der Waals surface area contributed by atoms with E-state index in [1.807, 2.05) is 18.0 Å². The largest absolute Gasteiger partial charge is 0.375 e. The lowest BCUT2D eigenvalue weighted by Gasteiger charge is -2.29. The van der Waals surface area contributed by atoms with Gasteiger partial charge in [-0.25, -0.2) is 0 Å². The van der Waals surface area contributed by atoms with E-state index in [1.165, 1.54) is 5.56 Å². The van der Waals surface area contributed by atoms with E-state index in [0.29, 0.717) is 0 Å². The second-order valence-corrected chi connectivity index (χ2v) is 5.62. The number of nitrogens with one attached hydrogen (secondary N) is 1. The van der Waals surface area contributed by atoms with Gasteiger partial charge in [-0.3, -0.25) is 16.3 Å². The first-order valence-electron chi connectivity index (χ1n) is 6.42. The second-order valence-electron chi connectivity index (χ2n) is 4.47. The monoisotopic (exact) mass is 267 g/mol. The molecule has 1 aliphatic heterocycles. The molecule has 0 aliphatic carbocycles. The summed E-state index contributed by atoms with van der Waals surface area (Å²) in [4.78, 5) is 4.47. The number of pyridine rings is 1. The van der Waals surface area contributed by atoms with Crippen LogP contribution >= 0.6 is 11.8 Å². The van der Waals surface area contributed by atoms with Crippen LogP contribution in [-0.4, -0.2) is 35.2 Å². The van der Waals surface area contributed by atoms with Crippen molar-refractivity contribution in [2.45, 2.75) is 31.9 Å². The van der Waals surface area contributed by atoms with Crippen LogP contribution in [0.5, 0.6) is 0 Å². The number of hydrogen-bond acceptors (Lipinski definition) is 5. The van der Waals surface area contributed by atoms with Crippen LogP contribution in [0, 0.1) is 0 Å². The van der Waals surface area contributed by atoms with Crippen molar-refractivity contribution in [1.29, 1.82) is 0 Å². The smallest absolute Gasteiger partial charge is 0.0835 e. The van der Waals surface area contributed by atoms with Gasteiger partial charge in [0, 0.05) is 29.8 Å². The minimum absolute atomic E-state index is 0.137. The van der Waals surface area contributed by atoms with E-state index in [4.69, 9.17) is 10.6 Å². The summed E-state index contributed by atoms with van der Waals surface area (Å²) in [5.74, 6) is 7.72. The van der Waals surface area contributed by atoms with E-state index in [0.717, 1.165) is 36.6 Å². The summed E-state index contributed by atoms with van der Waals surface area (Å²) in [7, 11) is 0. The fourth-order valence-corrected chi connectivity index (χ4v) is 2.99. The van der Waals surface area contributed by atoms with Gasteiger partial charge >= 0.3 is 0 Å². The first-order chi connectivity index (χ1) is 8.83. The average molecular weight is 267 g/mol. The molecule has 18 heavy (non-hydrogen) atoms. The molecular formula is C13H21N3OS. The van der Waals surface area contributed by atoms with E-state index in [2.05, 4.69) is 29.5 Å². The van der Waals surface area contributed by atoms with Crippen LogP contribution in [0.3, 0.4) is 0 Å². The van der Waals surface area contributed by atoms with Gasteiger partial charge in [0.25, 0.3) is 0 Å².